The van der Waals surface area contributed by atoms with Gasteiger partial charge in [0, 0.05) is 26.1 Å². The van der Waals surface area contributed by atoms with Crippen molar-refractivity contribution in [3.05, 3.63) is 29.8 Å². The lowest BCUT2D eigenvalue weighted by Gasteiger charge is -2.25. The van der Waals surface area contributed by atoms with Gasteiger partial charge in [-0.25, -0.2) is 0 Å². The average molecular weight is 272 g/mol. The topological polar surface area (TPSA) is 45.5 Å². The van der Waals surface area contributed by atoms with E-state index in [1.165, 1.54) is 11.1 Å². The second kappa shape index (κ2) is 6.97. The zero-order chi connectivity index (χ0) is 14.4. The van der Waals surface area contributed by atoms with Crippen LogP contribution in [0.2, 0.25) is 0 Å². The van der Waals surface area contributed by atoms with Gasteiger partial charge in [0.1, 0.15) is 0 Å². The highest BCUT2D eigenvalue weighted by atomic mass is 16.5. The fourth-order valence-electron chi connectivity index (χ4n) is 2.42. The zero-order valence-corrected chi connectivity index (χ0v) is 12.1. The van der Waals surface area contributed by atoms with E-state index in [1.807, 2.05) is 12.1 Å². The third-order valence-electron chi connectivity index (χ3n) is 3.59. The summed E-state index contributed by atoms with van der Waals surface area (Å²) in [5.41, 5.74) is 2.52. The van der Waals surface area contributed by atoms with E-state index in [4.69, 9.17) is 14.7 Å². The van der Waals surface area contributed by atoms with Gasteiger partial charge in [-0.3, -0.25) is 4.90 Å². The van der Waals surface area contributed by atoms with E-state index in [-0.39, 0.29) is 0 Å². The van der Waals surface area contributed by atoms with Gasteiger partial charge >= 0.3 is 0 Å². The van der Waals surface area contributed by atoms with E-state index in [0.717, 1.165) is 37.6 Å². The average Bonchev–Trinajstić information content (AvgIpc) is 2.52. The van der Waals surface area contributed by atoms with E-state index in [2.05, 4.69) is 23.1 Å². The molecule has 0 atom stereocenters. The van der Waals surface area contributed by atoms with Crippen molar-refractivity contribution in [3.63, 3.8) is 0 Å². The Morgan fingerprint density at radius 1 is 1.25 bits per heavy atom. The molecule has 1 heterocycles. The van der Waals surface area contributed by atoms with Crippen LogP contribution in [0.3, 0.4) is 0 Å². The molecule has 0 radical (unpaired) electrons. The largest absolute Gasteiger partial charge is 0.493 e. The minimum Gasteiger partial charge on any atom is -0.493 e. The minimum absolute atomic E-state index is 0.597. The van der Waals surface area contributed by atoms with Crippen LogP contribution in [0.1, 0.15) is 18.4 Å². The first-order chi connectivity index (χ1) is 9.78. The Bertz CT molecular complexity index is 532. The molecule has 0 spiro atoms. The fourth-order valence-corrected chi connectivity index (χ4v) is 2.42. The molecule has 0 N–H and O–H groups in total. The predicted octanol–water partition coefficient (Wildman–Crippen LogP) is 2.71. The van der Waals surface area contributed by atoms with E-state index in [0.29, 0.717) is 6.42 Å². The Balaban J connectivity index is 2.09. The van der Waals surface area contributed by atoms with Crippen molar-refractivity contribution in [1.29, 1.82) is 5.26 Å². The summed E-state index contributed by atoms with van der Waals surface area (Å²) < 4.78 is 10.6. The molecule has 1 aromatic rings. The SMILES string of the molecule is COc1ccc(C2=CCN(CCC#N)CC2)cc1OC. The number of hydrogen-bond donors (Lipinski definition) is 0. The lowest BCUT2D eigenvalue weighted by atomic mass is 9.99. The van der Waals surface area contributed by atoms with Crippen LogP contribution in [0.15, 0.2) is 24.3 Å². The molecule has 0 aromatic heterocycles. The van der Waals surface area contributed by atoms with Crippen molar-refractivity contribution >= 4 is 5.57 Å². The molecule has 1 aromatic carbocycles. The molecular formula is C16H20N2O2. The molecule has 0 saturated heterocycles. The predicted molar refractivity (Wildman–Crippen MR) is 78.8 cm³/mol. The van der Waals surface area contributed by atoms with Crippen LogP contribution in [0, 0.1) is 11.3 Å². The molecule has 2 rings (SSSR count). The molecule has 20 heavy (non-hydrogen) atoms. The standard InChI is InChI=1S/C16H20N2O2/c1-19-15-5-4-14(12-16(15)20-2)13-6-10-18(11-7-13)9-3-8-17/h4-6,12H,3,7,9-11H2,1-2H3. The van der Waals surface area contributed by atoms with Crippen molar-refractivity contribution in [2.75, 3.05) is 33.9 Å². The fraction of sp³-hybridized carbons (Fsp3) is 0.438. The summed E-state index contributed by atoms with van der Waals surface area (Å²) in [6.45, 7) is 2.76. The molecule has 4 heteroatoms. The highest BCUT2D eigenvalue weighted by molar-refractivity contribution is 5.69. The Morgan fingerprint density at radius 3 is 2.65 bits per heavy atom. The van der Waals surface area contributed by atoms with Crippen LogP contribution in [-0.2, 0) is 0 Å². The summed E-state index contributed by atoms with van der Waals surface area (Å²) in [6, 6.07) is 8.23. The number of nitrogens with zero attached hydrogens (tertiary/aromatic N) is 2. The molecule has 0 bridgehead atoms. The summed E-state index contributed by atoms with van der Waals surface area (Å²) in [5.74, 6) is 1.51. The van der Waals surface area contributed by atoms with E-state index >= 15 is 0 Å². The van der Waals surface area contributed by atoms with Crippen molar-refractivity contribution in [2.45, 2.75) is 12.8 Å². The molecule has 0 amide bonds. The van der Waals surface area contributed by atoms with Gasteiger partial charge in [-0.05, 0) is 29.7 Å². The molecule has 0 aliphatic carbocycles. The first-order valence-corrected chi connectivity index (χ1v) is 6.79. The molecule has 106 valence electrons. The highest BCUT2D eigenvalue weighted by Gasteiger charge is 2.14. The first-order valence-electron chi connectivity index (χ1n) is 6.79. The molecule has 0 fully saturated rings. The summed E-state index contributed by atoms with van der Waals surface area (Å²) in [5, 5.41) is 8.62. The number of rotatable bonds is 5. The van der Waals surface area contributed by atoms with Gasteiger partial charge in [0.25, 0.3) is 0 Å². The molecule has 0 unspecified atom stereocenters. The van der Waals surface area contributed by atoms with E-state index < -0.39 is 0 Å². The summed E-state index contributed by atoms with van der Waals surface area (Å²) in [7, 11) is 3.30. The van der Waals surface area contributed by atoms with Crippen LogP contribution in [-0.4, -0.2) is 38.8 Å². The molecule has 1 aliphatic rings. The second-order valence-corrected chi connectivity index (χ2v) is 4.76. The van der Waals surface area contributed by atoms with Gasteiger partial charge < -0.3 is 9.47 Å². The van der Waals surface area contributed by atoms with Crippen molar-refractivity contribution in [2.24, 2.45) is 0 Å². The van der Waals surface area contributed by atoms with Crippen LogP contribution >= 0.6 is 0 Å². The molecular weight excluding hydrogens is 252 g/mol. The number of methoxy groups -OCH3 is 2. The summed E-state index contributed by atoms with van der Waals surface area (Å²) >= 11 is 0. The molecule has 4 nitrogen and oxygen atoms in total. The normalized spacial score (nSPS) is 15.3. The van der Waals surface area contributed by atoms with Gasteiger partial charge in [-0.1, -0.05) is 12.1 Å². The molecule has 0 saturated carbocycles. The van der Waals surface area contributed by atoms with Crippen molar-refractivity contribution < 1.29 is 9.47 Å². The second-order valence-electron chi connectivity index (χ2n) is 4.76. The van der Waals surface area contributed by atoms with Crippen molar-refractivity contribution in [3.8, 4) is 17.6 Å². The number of hydrogen-bond acceptors (Lipinski definition) is 4. The maximum atomic E-state index is 8.62. The van der Waals surface area contributed by atoms with Crippen molar-refractivity contribution in [1.82, 2.24) is 4.90 Å². The Hall–Kier alpha value is -1.99. The Morgan fingerprint density at radius 2 is 2.05 bits per heavy atom. The van der Waals surface area contributed by atoms with E-state index in [9.17, 15) is 0 Å². The van der Waals surface area contributed by atoms with E-state index in [1.54, 1.807) is 14.2 Å². The third-order valence-corrected chi connectivity index (χ3v) is 3.59. The number of ether oxygens (including phenoxy) is 2. The van der Waals surface area contributed by atoms with Gasteiger partial charge in [0.2, 0.25) is 0 Å². The maximum absolute atomic E-state index is 8.62. The summed E-state index contributed by atoms with van der Waals surface area (Å²) in [6.07, 6.45) is 3.84. The number of nitriles is 1. The highest BCUT2D eigenvalue weighted by Crippen LogP contribution is 2.32. The van der Waals surface area contributed by atoms with Gasteiger partial charge in [0.15, 0.2) is 11.5 Å². The van der Waals surface area contributed by atoms with Crippen LogP contribution in [0.25, 0.3) is 5.57 Å². The van der Waals surface area contributed by atoms with Crippen LogP contribution in [0.5, 0.6) is 11.5 Å². The molecule has 1 aliphatic heterocycles. The first kappa shape index (κ1) is 14.4. The lowest BCUT2D eigenvalue weighted by Crippen LogP contribution is -2.29. The van der Waals surface area contributed by atoms with Crippen LogP contribution in [0.4, 0.5) is 0 Å². The maximum Gasteiger partial charge on any atom is 0.161 e. The van der Waals surface area contributed by atoms with Crippen LogP contribution < -0.4 is 9.47 Å². The zero-order valence-electron chi connectivity index (χ0n) is 12.1. The summed E-state index contributed by atoms with van der Waals surface area (Å²) in [4.78, 5) is 2.30. The third kappa shape index (κ3) is 3.31. The Kier molecular flexibility index (Phi) is 5.03. The minimum atomic E-state index is 0.597. The van der Waals surface area contributed by atoms with Gasteiger partial charge in [0.05, 0.1) is 20.3 Å². The smallest absolute Gasteiger partial charge is 0.161 e. The quantitative estimate of drug-likeness (QED) is 0.826. The van der Waals surface area contributed by atoms with Gasteiger partial charge in [-0.2, -0.15) is 5.26 Å². The lowest BCUT2D eigenvalue weighted by molar-refractivity contribution is 0.309. The van der Waals surface area contributed by atoms with Gasteiger partial charge in [-0.15, -0.1) is 0 Å². The Labute approximate surface area is 120 Å². The monoisotopic (exact) mass is 272 g/mol. The number of benzene rings is 1.